The first-order valence-corrected chi connectivity index (χ1v) is 10.2. The van der Waals surface area contributed by atoms with Crippen LogP contribution in [0.5, 0.6) is 0 Å². The third-order valence-corrected chi connectivity index (χ3v) is 5.75. The maximum Gasteiger partial charge on any atom is 0.270 e. The predicted octanol–water partition coefficient (Wildman–Crippen LogP) is 5.19. The largest absolute Gasteiger partial charge is 0.347 e. The lowest BCUT2D eigenvalue weighted by Crippen LogP contribution is -2.24. The molecule has 28 heavy (non-hydrogen) atoms. The number of carbonyl (C=O) groups excluding carboxylic acids is 1. The van der Waals surface area contributed by atoms with E-state index in [1.807, 2.05) is 60.8 Å². The number of amides is 1. The molecule has 0 atom stereocenters. The van der Waals surface area contributed by atoms with Gasteiger partial charge in [-0.25, -0.2) is 4.98 Å². The third-order valence-electron chi connectivity index (χ3n) is 4.60. The fraction of sp³-hybridized carbons (Fsp3) is 0.182. The van der Waals surface area contributed by atoms with Gasteiger partial charge in [0.25, 0.3) is 5.91 Å². The van der Waals surface area contributed by atoms with E-state index in [1.54, 1.807) is 11.3 Å². The number of aryl methyl sites for hydroxylation is 2. The number of carbonyl (C=O) groups is 1. The van der Waals surface area contributed by atoms with Crippen molar-refractivity contribution in [2.24, 2.45) is 0 Å². The van der Waals surface area contributed by atoms with Crippen LogP contribution in [0, 0.1) is 13.8 Å². The summed E-state index contributed by atoms with van der Waals surface area (Å²) in [6.07, 6.45) is 2.79. The van der Waals surface area contributed by atoms with E-state index in [0.717, 1.165) is 32.5 Å². The first-order chi connectivity index (χ1) is 13.5. The smallest absolute Gasteiger partial charge is 0.270 e. The Hall–Kier alpha value is -2.63. The normalized spacial score (nSPS) is 11.1. The van der Waals surface area contributed by atoms with Crippen LogP contribution in [-0.2, 0) is 13.0 Å². The van der Waals surface area contributed by atoms with Crippen molar-refractivity contribution in [2.45, 2.75) is 26.8 Å². The van der Waals surface area contributed by atoms with Crippen LogP contribution in [0.25, 0.3) is 4.96 Å². The summed E-state index contributed by atoms with van der Waals surface area (Å²) in [7, 11) is 0. The highest BCUT2D eigenvalue weighted by Gasteiger charge is 2.17. The lowest BCUT2D eigenvalue weighted by molar-refractivity contribution is 0.0944. The zero-order valence-electron chi connectivity index (χ0n) is 15.7. The monoisotopic (exact) mass is 409 g/mol. The average molecular weight is 410 g/mol. The van der Waals surface area contributed by atoms with Gasteiger partial charge in [-0.2, -0.15) is 0 Å². The Morgan fingerprint density at radius 1 is 1.11 bits per heavy atom. The molecule has 0 aliphatic carbocycles. The highest BCUT2D eigenvalue weighted by Crippen LogP contribution is 2.21. The Kier molecular flexibility index (Phi) is 5.20. The number of nitrogens with zero attached hydrogens (tertiary/aromatic N) is 2. The first kappa shape index (κ1) is 18.7. The molecule has 0 fully saturated rings. The molecule has 2 aromatic heterocycles. The van der Waals surface area contributed by atoms with Crippen LogP contribution >= 0.6 is 22.9 Å². The van der Waals surface area contributed by atoms with Crippen molar-refractivity contribution >= 4 is 33.8 Å². The molecule has 4 nitrogen and oxygen atoms in total. The summed E-state index contributed by atoms with van der Waals surface area (Å²) in [4.78, 5) is 19.2. The summed E-state index contributed by atoms with van der Waals surface area (Å²) in [6, 6.07) is 16.2. The topological polar surface area (TPSA) is 46.4 Å². The van der Waals surface area contributed by atoms with E-state index in [9.17, 15) is 4.79 Å². The summed E-state index contributed by atoms with van der Waals surface area (Å²) in [5.74, 6) is -0.106. The van der Waals surface area contributed by atoms with Crippen LogP contribution in [0.1, 0.15) is 37.7 Å². The number of aromatic nitrogens is 2. The van der Waals surface area contributed by atoms with Crippen molar-refractivity contribution in [3.8, 4) is 0 Å². The molecule has 0 aliphatic rings. The number of hydrogen-bond acceptors (Lipinski definition) is 3. The highest BCUT2D eigenvalue weighted by atomic mass is 35.5. The second-order valence-corrected chi connectivity index (χ2v) is 8.50. The second-order valence-electron chi connectivity index (χ2n) is 6.85. The number of fused-ring (bicyclic) bond motifs is 1. The number of rotatable bonds is 5. The molecule has 6 heteroatoms. The van der Waals surface area contributed by atoms with E-state index in [1.165, 1.54) is 11.1 Å². The maximum absolute atomic E-state index is 12.8. The molecule has 0 radical (unpaired) electrons. The van der Waals surface area contributed by atoms with E-state index in [2.05, 4.69) is 22.4 Å². The van der Waals surface area contributed by atoms with Gasteiger partial charge in [0.15, 0.2) is 4.96 Å². The number of benzene rings is 2. The minimum Gasteiger partial charge on any atom is -0.347 e. The van der Waals surface area contributed by atoms with Gasteiger partial charge in [-0.15, -0.1) is 11.3 Å². The number of imidazole rings is 1. The summed E-state index contributed by atoms with van der Waals surface area (Å²) in [6.45, 7) is 4.36. The minimum atomic E-state index is -0.106. The fourth-order valence-electron chi connectivity index (χ4n) is 3.29. The number of nitrogens with one attached hydrogen (secondary N) is 1. The van der Waals surface area contributed by atoms with Crippen LogP contribution in [0.4, 0.5) is 0 Å². The molecule has 0 unspecified atom stereocenters. The molecule has 4 aromatic rings. The Bertz CT molecular complexity index is 1140. The Labute approximate surface area is 172 Å². The van der Waals surface area contributed by atoms with Gasteiger partial charge in [0.2, 0.25) is 0 Å². The van der Waals surface area contributed by atoms with Crippen molar-refractivity contribution in [1.82, 2.24) is 14.7 Å². The Balaban J connectivity index is 1.46. The lowest BCUT2D eigenvalue weighted by Gasteiger charge is -2.08. The van der Waals surface area contributed by atoms with Gasteiger partial charge in [-0.1, -0.05) is 48.0 Å². The predicted molar refractivity (Wildman–Crippen MR) is 114 cm³/mol. The van der Waals surface area contributed by atoms with Crippen molar-refractivity contribution in [1.29, 1.82) is 0 Å². The zero-order chi connectivity index (χ0) is 19.7. The van der Waals surface area contributed by atoms with Gasteiger partial charge >= 0.3 is 0 Å². The van der Waals surface area contributed by atoms with E-state index < -0.39 is 0 Å². The van der Waals surface area contributed by atoms with E-state index in [-0.39, 0.29) is 5.91 Å². The summed E-state index contributed by atoms with van der Waals surface area (Å²) >= 11 is 7.54. The molecule has 0 bridgehead atoms. The number of thiazole rings is 1. The third kappa shape index (κ3) is 3.96. The van der Waals surface area contributed by atoms with Crippen LogP contribution in [-0.4, -0.2) is 15.3 Å². The molecule has 2 heterocycles. The Morgan fingerprint density at radius 3 is 2.64 bits per heavy atom. The molecule has 0 saturated carbocycles. The van der Waals surface area contributed by atoms with Crippen LogP contribution < -0.4 is 5.32 Å². The van der Waals surface area contributed by atoms with Crippen LogP contribution in [0.15, 0.2) is 54.7 Å². The molecule has 142 valence electrons. The van der Waals surface area contributed by atoms with E-state index >= 15 is 0 Å². The quantitative estimate of drug-likeness (QED) is 0.493. The lowest BCUT2D eigenvalue weighted by atomic mass is 10.0. The summed E-state index contributed by atoms with van der Waals surface area (Å²) in [5.41, 5.74) is 4.83. The molecular weight excluding hydrogens is 390 g/mol. The van der Waals surface area contributed by atoms with Crippen molar-refractivity contribution in [3.63, 3.8) is 0 Å². The first-order valence-electron chi connectivity index (χ1n) is 9.05. The number of halogens is 1. The zero-order valence-corrected chi connectivity index (χ0v) is 17.3. The number of hydrogen-bond donors (Lipinski definition) is 1. The highest BCUT2D eigenvalue weighted by molar-refractivity contribution is 7.17. The van der Waals surface area contributed by atoms with Gasteiger partial charge in [0.1, 0.15) is 5.69 Å². The van der Waals surface area contributed by atoms with Gasteiger partial charge < -0.3 is 5.32 Å². The molecule has 0 saturated heterocycles. The molecule has 1 amide bonds. The van der Waals surface area contributed by atoms with Crippen LogP contribution in [0.2, 0.25) is 5.02 Å². The maximum atomic E-state index is 12.8. The van der Waals surface area contributed by atoms with Crippen molar-refractivity contribution in [2.75, 3.05) is 0 Å². The van der Waals surface area contributed by atoms with E-state index in [4.69, 9.17) is 11.6 Å². The molecule has 1 N–H and O–H groups in total. The van der Waals surface area contributed by atoms with Gasteiger partial charge in [0.05, 0.1) is 5.69 Å². The van der Waals surface area contributed by atoms with Gasteiger partial charge in [-0.3, -0.25) is 9.20 Å². The summed E-state index contributed by atoms with van der Waals surface area (Å²) < 4.78 is 1.88. The van der Waals surface area contributed by atoms with E-state index in [0.29, 0.717) is 12.2 Å². The summed E-state index contributed by atoms with van der Waals surface area (Å²) in [5, 5.41) is 3.77. The standard InChI is InChI=1S/C22H20ClN3OS/c1-14-13-26-20(15(2)25-22(26)28-14)21(27)24-12-18-5-3-4-17(11-18)10-16-6-8-19(23)9-7-16/h3-9,11,13H,10,12H2,1-2H3,(H,24,27). The average Bonchev–Trinajstić information content (AvgIpc) is 3.16. The SMILES string of the molecule is Cc1cn2c(C(=O)NCc3cccc(Cc4ccc(Cl)cc4)c3)c(C)nc2s1. The molecule has 2 aromatic carbocycles. The second kappa shape index (κ2) is 7.78. The Morgan fingerprint density at radius 2 is 1.86 bits per heavy atom. The molecular formula is C22H20ClN3OS. The minimum absolute atomic E-state index is 0.106. The molecule has 4 rings (SSSR count). The van der Waals surface area contributed by atoms with Gasteiger partial charge in [-0.05, 0) is 49.1 Å². The molecule has 0 spiro atoms. The van der Waals surface area contributed by atoms with Crippen molar-refractivity contribution in [3.05, 3.63) is 92.7 Å². The molecule has 0 aliphatic heterocycles. The van der Waals surface area contributed by atoms with Crippen molar-refractivity contribution < 1.29 is 4.79 Å². The van der Waals surface area contributed by atoms with Crippen LogP contribution in [0.3, 0.4) is 0 Å². The van der Waals surface area contributed by atoms with Gasteiger partial charge in [0, 0.05) is 22.6 Å². The fourth-order valence-corrected chi connectivity index (χ4v) is 4.29.